The Morgan fingerprint density at radius 3 is 0.182 bits per heavy atom. The number of hydrogen-bond donors (Lipinski definition) is 0. The third-order valence-corrected chi connectivity index (χ3v) is 0. The van der Waals surface area contributed by atoms with Gasteiger partial charge in [-0.3, -0.25) is 0 Å². The second kappa shape index (κ2) is 84.6. The van der Waals surface area contributed by atoms with E-state index in [0.29, 0.717) is 0 Å². The maximum atomic E-state index is 0. The van der Waals surface area contributed by atoms with Crippen molar-refractivity contribution in [2.45, 2.75) is 0 Å². The van der Waals surface area contributed by atoms with Crippen LogP contribution in [0.25, 0.3) is 0 Å². The van der Waals surface area contributed by atoms with E-state index in [-0.39, 0.29) is 231 Å². The van der Waals surface area contributed by atoms with E-state index >= 15 is 0 Å². The summed E-state index contributed by atoms with van der Waals surface area (Å²) in [5.41, 5.74) is 0. The minimum absolute atomic E-state index is 0. The Kier molecular flexibility index (Phi) is 773. The van der Waals surface area contributed by atoms with E-state index in [1.54, 1.807) is 0 Å². The van der Waals surface area contributed by atoms with Crippen LogP contribution in [0.3, 0.4) is 0 Å². The molecule has 0 aromatic rings. The maximum absolute atomic E-state index is 0. The van der Waals surface area contributed by atoms with Gasteiger partial charge in [-0.25, -0.2) is 0 Å². The van der Waals surface area contributed by atoms with Crippen LogP contribution in [-0.4, -0.2) is 52.1 Å². The van der Waals surface area contributed by atoms with Crippen LogP contribution in [0.5, 0.6) is 0 Å². The fraction of sp³-hybridized carbons (Fsp3) is 0. The van der Waals surface area contributed by atoms with Gasteiger partial charge in [-0.2, -0.15) is 0 Å². The monoisotopic (exact) mass is 1660 g/mol. The van der Waals surface area contributed by atoms with Crippen molar-refractivity contribution in [1.29, 1.82) is 0 Å². The molecule has 0 N–H and O–H groups in total. The molecule has 11 heteroatoms. The molecule has 0 spiro atoms. The predicted octanol–water partition coefficient (Wildman–Crippen LogP) is -1.16. The Hall–Kier alpha value is 7.52. The molecule has 0 rings (SSSR count). The Labute approximate surface area is 225 Å². The molecule has 0 atom stereocenters. The molecule has 97 valence electrons. The van der Waals surface area contributed by atoms with Gasteiger partial charge in [0.2, 0.25) is 0 Å². The summed E-state index contributed by atoms with van der Waals surface area (Å²) in [7, 11) is 0. The van der Waals surface area contributed by atoms with Crippen molar-refractivity contribution < 1.29 is 179 Å². The molecule has 11 heavy (non-hydrogen) atoms. The normalized spacial score (nSPS) is 0. The standard InChI is InChI=1S/3Al.8Au. The average molecular weight is 1660 g/mol. The van der Waals surface area contributed by atoms with Crippen molar-refractivity contribution in [2.24, 2.45) is 0 Å². The van der Waals surface area contributed by atoms with Gasteiger partial charge in [0.05, 0.1) is 0 Å². The van der Waals surface area contributed by atoms with Gasteiger partial charge in [0.25, 0.3) is 0 Å². The Balaban J connectivity index is 0. The zero-order valence-electron chi connectivity index (χ0n) is 4.14. The first-order chi connectivity index (χ1) is 0. The van der Waals surface area contributed by atoms with Crippen molar-refractivity contribution in [3.05, 3.63) is 0 Å². The summed E-state index contributed by atoms with van der Waals surface area (Å²) in [5, 5.41) is 0. The van der Waals surface area contributed by atoms with Crippen LogP contribution in [0.4, 0.5) is 0 Å². The summed E-state index contributed by atoms with van der Waals surface area (Å²) in [6, 6.07) is 0. The molecule has 0 aromatic heterocycles. The van der Waals surface area contributed by atoms with Crippen molar-refractivity contribution in [3.8, 4) is 0 Å². The summed E-state index contributed by atoms with van der Waals surface area (Å²) in [6.45, 7) is 0. The number of hydrogen-bond acceptors (Lipinski definition) is 0. The van der Waals surface area contributed by atoms with E-state index in [0.717, 1.165) is 0 Å². The van der Waals surface area contributed by atoms with Crippen LogP contribution >= 0.6 is 0 Å². The first-order valence-electron chi connectivity index (χ1n) is 0. The second-order valence-corrected chi connectivity index (χ2v) is 0. The quantitative estimate of drug-likeness (QED) is 0.269. The van der Waals surface area contributed by atoms with Crippen LogP contribution in [0.1, 0.15) is 0 Å². The van der Waals surface area contributed by atoms with Gasteiger partial charge in [-0.15, -0.1) is 0 Å². The van der Waals surface area contributed by atoms with E-state index < -0.39 is 0 Å². The third kappa shape index (κ3) is 74.6. The molecular weight excluding hydrogens is 1660 g/mol. The second-order valence-electron chi connectivity index (χ2n) is 0. The summed E-state index contributed by atoms with van der Waals surface area (Å²) in [5.74, 6) is 0. The van der Waals surface area contributed by atoms with Gasteiger partial charge < -0.3 is 0 Å². The summed E-state index contributed by atoms with van der Waals surface area (Å²) < 4.78 is 0. The molecule has 0 nitrogen and oxygen atoms in total. The van der Waals surface area contributed by atoms with Gasteiger partial charge in [0, 0.05) is 231 Å². The van der Waals surface area contributed by atoms with Crippen LogP contribution in [-0.2, 0) is 179 Å². The predicted molar refractivity (Wildman–Crippen MR) is 17.3 cm³/mol. The zero-order chi connectivity index (χ0) is 0. The van der Waals surface area contributed by atoms with Gasteiger partial charge in [0.1, 0.15) is 0 Å². The van der Waals surface area contributed by atoms with Crippen LogP contribution in [0.2, 0.25) is 0 Å². The topological polar surface area (TPSA) is 0 Å². The molecule has 0 aliphatic heterocycles. The van der Waals surface area contributed by atoms with Gasteiger partial charge >= 0.3 is 0 Å². The van der Waals surface area contributed by atoms with Crippen molar-refractivity contribution >= 4 is 52.1 Å². The van der Waals surface area contributed by atoms with E-state index in [1.165, 1.54) is 0 Å². The van der Waals surface area contributed by atoms with Gasteiger partial charge in [0.15, 0.2) is 0 Å². The Morgan fingerprint density at radius 2 is 0.182 bits per heavy atom. The SMILES string of the molecule is [Al].[Al].[Al].[Au].[Au].[Au].[Au].[Au].[Au].[Au].[Au]. The van der Waals surface area contributed by atoms with E-state index in [9.17, 15) is 0 Å². The van der Waals surface area contributed by atoms with Crippen LogP contribution in [0, 0.1) is 0 Å². The van der Waals surface area contributed by atoms with Crippen LogP contribution < -0.4 is 0 Å². The minimum atomic E-state index is 0. The van der Waals surface area contributed by atoms with Crippen molar-refractivity contribution in [1.82, 2.24) is 0 Å². The molecule has 0 aliphatic rings. The molecule has 0 saturated heterocycles. The molecule has 0 aromatic carbocycles. The smallest absolute Gasteiger partial charge is 0 e. The maximum Gasteiger partial charge on any atom is 0 e. The van der Waals surface area contributed by atoms with Crippen molar-refractivity contribution in [3.63, 3.8) is 0 Å². The summed E-state index contributed by atoms with van der Waals surface area (Å²) in [6.07, 6.45) is 0. The Morgan fingerprint density at radius 1 is 0.182 bits per heavy atom. The fourth-order valence-electron chi connectivity index (χ4n) is 0. The molecule has 17 radical (unpaired) electrons. The number of rotatable bonds is 0. The van der Waals surface area contributed by atoms with E-state index in [4.69, 9.17) is 0 Å². The van der Waals surface area contributed by atoms with Gasteiger partial charge in [-0.1, -0.05) is 0 Å². The van der Waals surface area contributed by atoms with Crippen LogP contribution in [0.15, 0.2) is 0 Å². The molecule has 0 aliphatic carbocycles. The minimum Gasteiger partial charge on any atom is 0 e. The summed E-state index contributed by atoms with van der Waals surface area (Å²) >= 11 is 0. The molecule has 0 amide bonds. The average Bonchev–Trinajstić information content (AvgIpc) is 0. The first kappa shape index (κ1) is 101. The van der Waals surface area contributed by atoms with E-state index in [1.807, 2.05) is 0 Å². The molecular formula is Al3Au8. The fourth-order valence-corrected chi connectivity index (χ4v) is 0. The molecule has 0 unspecified atom stereocenters. The van der Waals surface area contributed by atoms with Gasteiger partial charge in [-0.05, 0) is 0 Å². The molecule has 0 heterocycles. The third-order valence-electron chi connectivity index (χ3n) is 0. The van der Waals surface area contributed by atoms with Crippen molar-refractivity contribution in [2.75, 3.05) is 0 Å². The Bertz CT molecular complexity index is 9.30. The zero-order valence-corrected chi connectivity index (χ0v) is 24.9. The molecule has 0 saturated carbocycles. The molecule has 0 fully saturated rings. The largest absolute Gasteiger partial charge is 0 e. The first-order valence-corrected chi connectivity index (χ1v) is 0. The van der Waals surface area contributed by atoms with E-state index in [2.05, 4.69) is 0 Å². The molecule has 0 bridgehead atoms. The summed E-state index contributed by atoms with van der Waals surface area (Å²) in [4.78, 5) is 0.